The predicted molar refractivity (Wildman–Crippen MR) is 155 cm³/mol. The number of hydrogen-bond donors (Lipinski definition) is 0. The molecule has 0 bridgehead atoms. The van der Waals surface area contributed by atoms with Gasteiger partial charge in [0.05, 0.1) is 12.2 Å². The SMILES string of the molecule is CCCCCCCCCOc1ccc(C(=O)Oc2ccc(-c3ccc(CCCCCC)cc3)cc2)cc1F. The molecule has 0 aliphatic rings. The third kappa shape index (κ3) is 9.96. The lowest BCUT2D eigenvalue weighted by atomic mass is 10.0. The molecule has 0 fully saturated rings. The van der Waals surface area contributed by atoms with E-state index < -0.39 is 11.8 Å². The molecule has 0 saturated heterocycles. The number of halogens is 1. The van der Waals surface area contributed by atoms with Gasteiger partial charge in [0, 0.05) is 0 Å². The van der Waals surface area contributed by atoms with Gasteiger partial charge >= 0.3 is 5.97 Å². The average molecular weight is 519 g/mol. The van der Waals surface area contributed by atoms with Gasteiger partial charge in [-0.3, -0.25) is 0 Å². The molecule has 0 saturated carbocycles. The van der Waals surface area contributed by atoms with Crippen molar-refractivity contribution in [2.24, 2.45) is 0 Å². The van der Waals surface area contributed by atoms with E-state index >= 15 is 0 Å². The Balaban J connectivity index is 1.45. The van der Waals surface area contributed by atoms with E-state index in [1.54, 1.807) is 18.2 Å². The number of unbranched alkanes of at least 4 members (excludes halogenated alkanes) is 9. The lowest BCUT2D eigenvalue weighted by molar-refractivity contribution is 0.0734. The van der Waals surface area contributed by atoms with Crippen LogP contribution in [0.25, 0.3) is 11.1 Å². The molecule has 0 atom stereocenters. The highest BCUT2D eigenvalue weighted by molar-refractivity contribution is 5.91. The number of hydrogen-bond acceptors (Lipinski definition) is 3. The Bertz CT molecular complexity index is 1090. The molecule has 0 aromatic heterocycles. The first-order chi connectivity index (χ1) is 18.6. The van der Waals surface area contributed by atoms with Crippen LogP contribution in [0, 0.1) is 5.82 Å². The zero-order chi connectivity index (χ0) is 27.0. The number of benzene rings is 3. The van der Waals surface area contributed by atoms with Crippen molar-refractivity contribution in [2.75, 3.05) is 6.61 Å². The number of esters is 1. The molecule has 0 unspecified atom stereocenters. The predicted octanol–water partition coefficient (Wildman–Crippen LogP) is 9.96. The minimum Gasteiger partial charge on any atom is -0.491 e. The molecule has 0 aliphatic heterocycles. The van der Waals surface area contributed by atoms with Gasteiger partial charge in [-0.05, 0) is 66.3 Å². The molecule has 204 valence electrons. The van der Waals surface area contributed by atoms with E-state index in [2.05, 4.69) is 38.1 Å². The molecule has 3 aromatic rings. The summed E-state index contributed by atoms with van der Waals surface area (Å²) in [4.78, 5) is 12.6. The smallest absolute Gasteiger partial charge is 0.343 e. The van der Waals surface area contributed by atoms with Crippen molar-refractivity contribution in [3.8, 4) is 22.6 Å². The number of carbonyl (C=O) groups excluding carboxylic acids is 1. The maximum atomic E-state index is 14.5. The van der Waals surface area contributed by atoms with Crippen LogP contribution in [0.3, 0.4) is 0 Å². The fourth-order valence-corrected chi connectivity index (χ4v) is 4.49. The summed E-state index contributed by atoms with van der Waals surface area (Å²) < 4.78 is 25.6. The van der Waals surface area contributed by atoms with Gasteiger partial charge in [-0.15, -0.1) is 0 Å². The summed E-state index contributed by atoms with van der Waals surface area (Å²) in [5, 5.41) is 0. The van der Waals surface area contributed by atoms with Crippen LogP contribution < -0.4 is 9.47 Å². The number of rotatable bonds is 17. The number of carbonyl (C=O) groups is 1. The van der Waals surface area contributed by atoms with Crippen molar-refractivity contribution < 1.29 is 18.7 Å². The second-order valence-corrected chi connectivity index (χ2v) is 10.0. The first-order valence-corrected chi connectivity index (χ1v) is 14.4. The minimum absolute atomic E-state index is 0.157. The molecule has 0 spiro atoms. The third-order valence-corrected chi connectivity index (χ3v) is 6.84. The molecule has 4 heteroatoms. The van der Waals surface area contributed by atoms with Crippen LogP contribution in [0.2, 0.25) is 0 Å². The Morgan fingerprint density at radius 2 is 1.26 bits per heavy atom. The molecular weight excluding hydrogens is 475 g/mol. The molecule has 38 heavy (non-hydrogen) atoms. The normalized spacial score (nSPS) is 10.9. The van der Waals surface area contributed by atoms with Crippen molar-refractivity contribution in [1.82, 2.24) is 0 Å². The molecule has 3 rings (SSSR count). The molecule has 0 amide bonds. The average Bonchev–Trinajstić information content (AvgIpc) is 2.94. The standard InChI is InChI=1S/C34H43FO3/c1-3-5-7-9-10-11-13-25-37-33-24-21-30(26-32(33)35)34(36)38-31-22-19-29(20-23-31)28-17-15-27(16-18-28)14-12-8-6-4-2/h15-24,26H,3-14,25H2,1-2H3. The van der Waals surface area contributed by atoms with Crippen molar-refractivity contribution in [2.45, 2.75) is 90.9 Å². The quantitative estimate of drug-likeness (QED) is 0.101. The monoisotopic (exact) mass is 518 g/mol. The molecule has 3 nitrogen and oxygen atoms in total. The first kappa shape index (κ1) is 29.4. The van der Waals surface area contributed by atoms with Crippen molar-refractivity contribution in [1.29, 1.82) is 0 Å². The van der Waals surface area contributed by atoms with Crippen LogP contribution in [-0.2, 0) is 6.42 Å². The van der Waals surface area contributed by atoms with Crippen LogP contribution in [0.5, 0.6) is 11.5 Å². The van der Waals surface area contributed by atoms with Gasteiger partial charge in [-0.1, -0.05) is 108 Å². The van der Waals surface area contributed by atoms with Crippen LogP contribution in [0.15, 0.2) is 66.7 Å². The van der Waals surface area contributed by atoms with Gasteiger partial charge in [0.1, 0.15) is 5.75 Å². The number of ether oxygens (including phenoxy) is 2. The summed E-state index contributed by atoms with van der Waals surface area (Å²) in [6, 6.07) is 20.3. The second-order valence-electron chi connectivity index (χ2n) is 10.0. The molecule has 3 aromatic carbocycles. The number of aryl methyl sites for hydroxylation is 1. The Kier molecular flexibility index (Phi) is 12.9. The fourth-order valence-electron chi connectivity index (χ4n) is 4.49. The van der Waals surface area contributed by atoms with Gasteiger partial charge in [0.2, 0.25) is 0 Å². The lowest BCUT2D eigenvalue weighted by Crippen LogP contribution is -2.09. The summed E-state index contributed by atoms with van der Waals surface area (Å²) >= 11 is 0. The van der Waals surface area contributed by atoms with Crippen LogP contribution >= 0.6 is 0 Å². The van der Waals surface area contributed by atoms with Gasteiger partial charge < -0.3 is 9.47 Å². The summed E-state index contributed by atoms with van der Waals surface area (Å²) in [5.41, 5.74) is 3.69. The molecule has 0 N–H and O–H groups in total. The Labute approximate surface area is 228 Å². The van der Waals surface area contributed by atoms with Crippen LogP contribution in [-0.4, -0.2) is 12.6 Å². The van der Waals surface area contributed by atoms with E-state index in [-0.39, 0.29) is 11.3 Å². The van der Waals surface area contributed by atoms with Gasteiger partial charge in [0.25, 0.3) is 0 Å². The largest absolute Gasteiger partial charge is 0.491 e. The Morgan fingerprint density at radius 1 is 0.684 bits per heavy atom. The topological polar surface area (TPSA) is 35.5 Å². The van der Waals surface area contributed by atoms with Gasteiger partial charge in [-0.25, -0.2) is 9.18 Å². The summed E-state index contributed by atoms with van der Waals surface area (Å²) in [7, 11) is 0. The fraction of sp³-hybridized carbons (Fsp3) is 0.441. The zero-order valence-corrected chi connectivity index (χ0v) is 23.1. The summed E-state index contributed by atoms with van der Waals surface area (Å²) in [6.07, 6.45) is 14.4. The van der Waals surface area contributed by atoms with Crippen LogP contribution in [0.1, 0.15) is 100 Å². The van der Waals surface area contributed by atoms with Crippen molar-refractivity contribution >= 4 is 5.97 Å². The first-order valence-electron chi connectivity index (χ1n) is 14.4. The van der Waals surface area contributed by atoms with E-state index in [1.165, 1.54) is 75.5 Å². The van der Waals surface area contributed by atoms with Gasteiger partial charge in [-0.2, -0.15) is 0 Å². The second kappa shape index (κ2) is 16.7. The molecule has 0 heterocycles. The minimum atomic E-state index is -0.595. The van der Waals surface area contributed by atoms with E-state index in [0.29, 0.717) is 12.4 Å². The van der Waals surface area contributed by atoms with E-state index in [9.17, 15) is 9.18 Å². The maximum absolute atomic E-state index is 14.5. The lowest BCUT2D eigenvalue weighted by Gasteiger charge is -2.10. The van der Waals surface area contributed by atoms with Gasteiger partial charge in [0.15, 0.2) is 11.6 Å². The highest BCUT2D eigenvalue weighted by Gasteiger charge is 2.13. The molecule has 0 radical (unpaired) electrons. The van der Waals surface area contributed by atoms with Crippen molar-refractivity contribution in [3.63, 3.8) is 0 Å². The zero-order valence-electron chi connectivity index (χ0n) is 23.1. The van der Waals surface area contributed by atoms with Crippen LogP contribution in [0.4, 0.5) is 4.39 Å². The Morgan fingerprint density at radius 3 is 1.89 bits per heavy atom. The third-order valence-electron chi connectivity index (χ3n) is 6.84. The molecular formula is C34H43FO3. The highest BCUT2D eigenvalue weighted by atomic mass is 19.1. The van der Waals surface area contributed by atoms with Crippen molar-refractivity contribution in [3.05, 3.63) is 83.7 Å². The van der Waals surface area contributed by atoms with E-state index in [0.717, 1.165) is 30.4 Å². The summed E-state index contributed by atoms with van der Waals surface area (Å²) in [5.74, 6) is -0.552. The van der Waals surface area contributed by atoms with E-state index in [1.807, 2.05) is 12.1 Å². The Hall–Kier alpha value is -3.14. The maximum Gasteiger partial charge on any atom is 0.343 e. The summed E-state index contributed by atoms with van der Waals surface area (Å²) in [6.45, 7) is 4.91. The van der Waals surface area contributed by atoms with E-state index in [4.69, 9.17) is 9.47 Å². The molecule has 0 aliphatic carbocycles. The highest BCUT2D eigenvalue weighted by Crippen LogP contribution is 2.25.